The molecule has 0 bridgehead atoms. The Balaban J connectivity index is 1.79. The van der Waals surface area contributed by atoms with Gasteiger partial charge in [-0.05, 0) is 35.2 Å². The molecule has 1 aromatic heterocycles. The van der Waals surface area contributed by atoms with E-state index in [0.29, 0.717) is 22.6 Å². The van der Waals surface area contributed by atoms with E-state index in [1.807, 2.05) is 30.3 Å². The van der Waals surface area contributed by atoms with E-state index in [2.05, 4.69) is 0 Å². The highest BCUT2D eigenvalue weighted by atomic mass is 32.2. The minimum absolute atomic E-state index is 0.238. The third-order valence-corrected chi connectivity index (χ3v) is 4.27. The molecule has 0 saturated heterocycles. The monoisotopic (exact) mass is 325 g/mol. The first-order chi connectivity index (χ1) is 11.1. The second-order valence-electron chi connectivity index (χ2n) is 5.04. The van der Waals surface area contributed by atoms with Crippen LogP contribution in [0.3, 0.4) is 0 Å². The van der Waals surface area contributed by atoms with Gasteiger partial charge in [0, 0.05) is 11.1 Å². The molecule has 0 aliphatic rings. The van der Waals surface area contributed by atoms with E-state index in [4.69, 9.17) is 10.2 Å². The second-order valence-corrected chi connectivity index (χ2v) is 5.89. The molecule has 3 N–H and O–H groups in total. The van der Waals surface area contributed by atoms with Gasteiger partial charge in [-0.25, -0.2) is 4.79 Å². The van der Waals surface area contributed by atoms with Gasteiger partial charge in [0.25, 0.3) is 0 Å². The van der Waals surface area contributed by atoms with Crippen LogP contribution >= 0.6 is 11.8 Å². The van der Waals surface area contributed by atoms with Crippen LogP contribution in [0.5, 0.6) is 5.75 Å². The number of hydrogen-bond donors (Lipinski definition) is 2. The molecule has 0 spiro atoms. The summed E-state index contributed by atoms with van der Waals surface area (Å²) in [5, 5.41) is 11.8. The summed E-state index contributed by atoms with van der Waals surface area (Å²) in [4.78, 5) is 12.0. The van der Waals surface area contributed by atoms with E-state index >= 15 is 0 Å². The van der Waals surface area contributed by atoms with Gasteiger partial charge in [-0.2, -0.15) is 0 Å². The van der Waals surface area contributed by atoms with Gasteiger partial charge in [-0.3, -0.25) is 0 Å². The van der Waals surface area contributed by atoms with Crippen molar-refractivity contribution in [2.24, 2.45) is 5.73 Å². The normalized spacial score (nSPS) is 11.7. The maximum absolute atomic E-state index is 12.0. The minimum atomic E-state index is -0.442. The van der Waals surface area contributed by atoms with E-state index in [1.54, 1.807) is 29.7 Å². The zero-order chi connectivity index (χ0) is 16.2. The number of fused-ring (bicyclic) bond motifs is 1. The number of thioether (sulfide) groups is 1. The van der Waals surface area contributed by atoms with Crippen LogP contribution in [-0.2, 0) is 5.75 Å². The average Bonchev–Trinajstić information content (AvgIpc) is 2.56. The first-order valence-electron chi connectivity index (χ1n) is 7.02. The van der Waals surface area contributed by atoms with Crippen LogP contribution < -0.4 is 11.4 Å². The molecular formula is C18H15NO3S. The quantitative estimate of drug-likeness (QED) is 0.715. The summed E-state index contributed by atoms with van der Waals surface area (Å²) in [7, 11) is 0. The highest BCUT2D eigenvalue weighted by molar-refractivity contribution is 8.01. The lowest BCUT2D eigenvalue weighted by molar-refractivity contribution is 0.475. The molecule has 0 unspecified atom stereocenters. The van der Waals surface area contributed by atoms with E-state index in [0.717, 1.165) is 10.9 Å². The molecule has 4 nitrogen and oxygen atoms in total. The Morgan fingerprint density at radius 3 is 2.70 bits per heavy atom. The Hall–Kier alpha value is -2.66. The molecule has 0 aliphatic heterocycles. The summed E-state index contributed by atoms with van der Waals surface area (Å²) in [5.41, 5.74) is 7.92. The topological polar surface area (TPSA) is 76.5 Å². The van der Waals surface area contributed by atoms with Crippen molar-refractivity contribution < 1.29 is 9.52 Å². The molecular weight excluding hydrogens is 310 g/mol. The predicted octanol–water partition coefficient (Wildman–Crippen LogP) is 3.69. The third-order valence-electron chi connectivity index (χ3n) is 3.35. The molecule has 3 rings (SSSR count). The average molecular weight is 325 g/mol. The number of hydrogen-bond acceptors (Lipinski definition) is 5. The molecule has 116 valence electrons. The summed E-state index contributed by atoms with van der Waals surface area (Å²) in [5.74, 6) is 0.933. The Morgan fingerprint density at radius 1 is 1.17 bits per heavy atom. The van der Waals surface area contributed by atoms with Crippen LogP contribution in [0.4, 0.5) is 0 Å². The lowest BCUT2D eigenvalue weighted by Gasteiger charge is -2.03. The van der Waals surface area contributed by atoms with Crippen molar-refractivity contribution in [1.82, 2.24) is 0 Å². The molecule has 1 heterocycles. The molecule has 0 fully saturated rings. The van der Waals surface area contributed by atoms with Gasteiger partial charge in [0.2, 0.25) is 0 Å². The van der Waals surface area contributed by atoms with Crippen LogP contribution in [0.2, 0.25) is 0 Å². The van der Waals surface area contributed by atoms with Crippen molar-refractivity contribution in [2.75, 3.05) is 0 Å². The fourth-order valence-corrected chi connectivity index (χ4v) is 2.92. The second kappa shape index (κ2) is 6.62. The number of benzene rings is 2. The first-order valence-corrected chi connectivity index (χ1v) is 8.07. The van der Waals surface area contributed by atoms with E-state index in [9.17, 15) is 9.90 Å². The Bertz CT molecular complexity index is 913. The first kappa shape index (κ1) is 15.2. The maximum Gasteiger partial charge on any atom is 0.345 e. The van der Waals surface area contributed by atoms with Crippen LogP contribution in [0.1, 0.15) is 11.1 Å². The van der Waals surface area contributed by atoms with Gasteiger partial charge in [-0.1, -0.05) is 30.3 Å². The summed E-state index contributed by atoms with van der Waals surface area (Å²) >= 11 is 1.48. The maximum atomic E-state index is 12.0. The van der Waals surface area contributed by atoms with Crippen molar-refractivity contribution in [1.29, 1.82) is 0 Å². The Labute approximate surface area is 137 Å². The Kier molecular flexibility index (Phi) is 4.39. The molecule has 0 aliphatic carbocycles. The van der Waals surface area contributed by atoms with Gasteiger partial charge in [-0.15, -0.1) is 11.8 Å². The minimum Gasteiger partial charge on any atom is -0.508 e. The lowest BCUT2D eigenvalue weighted by atomic mass is 10.1. The zero-order valence-electron chi connectivity index (χ0n) is 12.2. The van der Waals surface area contributed by atoms with Gasteiger partial charge in [0.15, 0.2) is 0 Å². The molecule has 0 saturated carbocycles. The molecule has 5 heteroatoms. The van der Waals surface area contributed by atoms with Crippen LogP contribution in [-0.4, -0.2) is 5.11 Å². The standard InChI is InChI=1S/C18H15NO3S/c19-16(11-23-10-12-5-7-14(20)8-6-12)15-9-13-3-1-2-4-17(13)22-18(15)21/h1-9,11,20H,10,19H2/b16-11-. The molecule has 0 radical (unpaired) electrons. The molecule has 23 heavy (non-hydrogen) atoms. The third kappa shape index (κ3) is 3.57. The number of aromatic hydroxyl groups is 1. The summed E-state index contributed by atoms with van der Waals surface area (Å²) in [6.45, 7) is 0. The van der Waals surface area contributed by atoms with Gasteiger partial charge in [0.1, 0.15) is 11.3 Å². The molecule has 3 aromatic rings. The highest BCUT2D eigenvalue weighted by Gasteiger charge is 2.07. The van der Waals surface area contributed by atoms with E-state index < -0.39 is 5.63 Å². The largest absolute Gasteiger partial charge is 0.508 e. The summed E-state index contributed by atoms with van der Waals surface area (Å²) in [6.07, 6.45) is 0. The van der Waals surface area contributed by atoms with Gasteiger partial charge >= 0.3 is 5.63 Å². The fourth-order valence-electron chi connectivity index (χ4n) is 2.15. The van der Waals surface area contributed by atoms with Crippen molar-refractivity contribution in [3.63, 3.8) is 0 Å². The van der Waals surface area contributed by atoms with Crippen molar-refractivity contribution in [3.05, 3.63) is 81.6 Å². The van der Waals surface area contributed by atoms with Crippen molar-refractivity contribution in [3.8, 4) is 5.75 Å². The van der Waals surface area contributed by atoms with Gasteiger partial charge in [0.05, 0.1) is 11.3 Å². The van der Waals surface area contributed by atoms with Crippen molar-refractivity contribution in [2.45, 2.75) is 5.75 Å². The van der Waals surface area contributed by atoms with E-state index in [1.165, 1.54) is 11.8 Å². The van der Waals surface area contributed by atoms with Crippen molar-refractivity contribution >= 4 is 28.4 Å². The number of para-hydroxylation sites is 1. The van der Waals surface area contributed by atoms with E-state index in [-0.39, 0.29) is 5.75 Å². The zero-order valence-corrected chi connectivity index (χ0v) is 13.0. The fraction of sp³-hybridized carbons (Fsp3) is 0.0556. The molecule has 2 aromatic carbocycles. The van der Waals surface area contributed by atoms with Crippen LogP contribution in [0, 0.1) is 0 Å². The highest BCUT2D eigenvalue weighted by Crippen LogP contribution is 2.20. The molecule has 0 atom stereocenters. The van der Waals surface area contributed by atoms with Crippen LogP contribution in [0.25, 0.3) is 16.7 Å². The lowest BCUT2D eigenvalue weighted by Crippen LogP contribution is -2.10. The SMILES string of the molecule is N/C(=C\SCc1ccc(O)cc1)c1cc2ccccc2oc1=O. The number of nitrogens with two attached hydrogens (primary N) is 1. The summed E-state index contributed by atoms with van der Waals surface area (Å²) in [6, 6.07) is 16.0. The Morgan fingerprint density at radius 2 is 1.91 bits per heavy atom. The van der Waals surface area contributed by atoms with Gasteiger partial charge < -0.3 is 15.3 Å². The smallest absolute Gasteiger partial charge is 0.345 e. The number of phenolic OH excluding ortho intramolecular Hbond substituents is 1. The number of rotatable bonds is 4. The molecule has 0 amide bonds. The van der Waals surface area contributed by atoms with Crippen LogP contribution in [0.15, 0.2) is 69.2 Å². The summed E-state index contributed by atoms with van der Waals surface area (Å²) < 4.78 is 5.28. The predicted molar refractivity (Wildman–Crippen MR) is 94.1 cm³/mol. The number of phenols is 1.